The Bertz CT molecular complexity index is 230. The summed E-state index contributed by atoms with van der Waals surface area (Å²) in [5.74, 6) is 0. The van der Waals surface area contributed by atoms with Crippen molar-refractivity contribution in [3.8, 4) is 0 Å². The van der Waals surface area contributed by atoms with Crippen molar-refractivity contribution in [3.05, 3.63) is 23.5 Å². The Morgan fingerprint density at radius 1 is 1.50 bits per heavy atom. The molecule has 0 radical (unpaired) electrons. The van der Waals surface area contributed by atoms with Crippen LogP contribution in [0.15, 0.2) is 23.5 Å². The van der Waals surface area contributed by atoms with Crippen molar-refractivity contribution in [2.75, 3.05) is 6.54 Å². The van der Waals surface area contributed by atoms with Crippen LogP contribution in [0.4, 0.5) is 0 Å². The summed E-state index contributed by atoms with van der Waals surface area (Å²) in [6.07, 6.45) is 8.01. The highest BCUT2D eigenvalue weighted by molar-refractivity contribution is 5.31. The molecule has 4 N–H and O–H groups in total. The summed E-state index contributed by atoms with van der Waals surface area (Å²) in [6.45, 7) is 0.731. The maximum atomic E-state index is 5.48. The van der Waals surface area contributed by atoms with Gasteiger partial charge in [-0.15, -0.1) is 0 Å². The Morgan fingerprint density at radius 3 is 3.17 bits per heavy atom. The quantitative estimate of drug-likeness (QED) is 0.555. The summed E-state index contributed by atoms with van der Waals surface area (Å²) in [4.78, 5) is 0. The molecule has 66 valence electrons. The fourth-order valence-corrected chi connectivity index (χ4v) is 1.69. The topological polar surface area (TPSA) is 50.1 Å². The lowest BCUT2D eigenvalue weighted by atomic mass is 10.1. The van der Waals surface area contributed by atoms with Gasteiger partial charge in [0.05, 0.1) is 11.9 Å². The van der Waals surface area contributed by atoms with E-state index in [9.17, 15) is 0 Å². The molecular weight excluding hydrogens is 150 g/mol. The highest BCUT2D eigenvalue weighted by Crippen LogP contribution is 2.20. The predicted molar refractivity (Wildman–Crippen MR) is 49.1 cm³/mol. The van der Waals surface area contributed by atoms with Gasteiger partial charge in [-0.3, -0.25) is 0 Å². The first kappa shape index (κ1) is 7.68. The average molecular weight is 165 g/mol. The van der Waals surface area contributed by atoms with E-state index in [0.29, 0.717) is 6.17 Å². The van der Waals surface area contributed by atoms with Crippen molar-refractivity contribution in [2.24, 2.45) is 5.73 Å². The van der Waals surface area contributed by atoms with Gasteiger partial charge in [-0.1, -0.05) is 6.08 Å². The molecule has 0 bridgehead atoms. The standard InChI is InChI=1S/C9H15N3/c10-6-5-9-11-7-3-1-2-4-8(7)12-9/h1,3,9,11-12H,2,4-6,10H2. The van der Waals surface area contributed by atoms with Crippen molar-refractivity contribution < 1.29 is 0 Å². The molecule has 1 aliphatic heterocycles. The summed E-state index contributed by atoms with van der Waals surface area (Å²) in [5, 5.41) is 6.83. The average Bonchev–Trinajstić information content (AvgIpc) is 2.47. The third kappa shape index (κ3) is 1.32. The zero-order chi connectivity index (χ0) is 8.39. The van der Waals surface area contributed by atoms with Gasteiger partial charge in [0.15, 0.2) is 0 Å². The van der Waals surface area contributed by atoms with Gasteiger partial charge in [0, 0.05) is 5.70 Å². The molecule has 0 amide bonds. The minimum atomic E-state index is 0.364. The van der Waals surface area contributed by atoms with Crippen LogP contribution in [0, 0.1) is 0 Å². The molecule has 0 aromatic heterocycles. The third-order valence-electron chi connectivity index (χ3n) is 2.30. The summed E-state index contributed by atoms with van der Waals surface area (Å²) in [5.41, 5.74) is 8.10. The molecule has 12 heavy (non-hydrogen) atoms. The monoisotopic (exact) mass is 165 g/mol. The van der Waals surface area contributed by atoms with E-state index in [4.69, 9.17) is 5.73 Å². The normalized spacial score (nSPS) is 26.6. The van der Waals surface area contributed by atoms with Crippen LogP contribution in [0.25, 0.3) is 0 Å². The highest BCUT2D eigenvalue weighted by Gasteiger charge is 2.20. The molecule has 3 nitrogen and oxygen atoms in total. The van der Waals surface area contributed by atoms with E-state index in [0.717, 1.165) is 25.8 Å². The van der Waals surface area contributed by atoms with Crippen molar-refractivity contribution in [1.29, 1.82) is 0 Å². The van der Waals surface area contributed by atoms with Gasteiger partial charge < -0.3 is 16.4 Å². The van der Waals surface area contributed by atoms with Gasteiger partial charge >= 0.3 is 0 Å². The molecule has 0 spiro atoms. The van der Waals surface area contributed by atoms with Crippen molar-refractivity contribution in [3.63, 3.8) is 0 Å². The Kier molecular flexibility index (Phi) is 2.04. The van der Waals surface area contributed by atoms with Crippen LogP contribution in [-0.2, 0) is 0 Å². The second-order valence-electron chi connectivity index (χ2n) is 3.25. The second-order valence-corrected chi connectivity index (χ2v) is 3.25. The van der Waals surface area contributed by atoms with E-state index in [2.05, 4.69) is 22.8 Å². The molecule has 1 aliphatic carbocycles. The summed E-state index contributed by atoms with van der Waals surface area (Å²) < 4.78 is 0. The summed E-state index contributed by atoms with van der Waals surface area (Å²) >= 11 is 0. The van der Waals surface area contributed by atoms with E-state index >= 15 is 0 Å². The number of rotatable bonds is 2. The number of nitrogens with one attached hydrogen (secondary N) is 2. The number of hydrogen-bond acceptors (Lipinski definition) is 3. The van der Waals surface area contributed by atoms with Crippen LogP contribution < -0.4 is 16.4 Å². The van der Waals surface area contributed by atoms with Crippen molar-refractivity contribution in [2.45, 2.75) is 25.4 Å². The molecule has 0 saturated heterocycles. The maximum Gasteiger partial charge on any atom is 0.0974 e. The minimum Gasteiger partial charge on any atom is -0.367 e. The van der Waals surface area contributed by atoms with Crippen LogP contribution in [0.2, 0.25) is 0 Å². The molecule has 0 fully saturated rings. The largest absolute Gasteiger partial charge is 0.367 e. The highest BCUT2D eigenvalue weighted by atomic mass is 15.2. The number of nitrogens with two attached hydrogens (primary N) is 1. The van der Waals surface area contributed by atoms with Crippen molar-refractivity contribution >= 4 is 0 Å². The van der Waals surface area contributed by atoms with Gasteiger partial charge in [0.25, 0.3) is 0 Å². The summed E-state index contributed by atoms with van der Waals surface area (Å²) in [7, 11) is 0. The molecular formula is C9H15N3. The Labute approximate surface area is 72.7 Å². The Morgan fingerprint density at radius 2 is 2.42 bits per heavy atom. The van der Waals surface area contributed by atoms with Gasteiger partial charge in [-0.2, -0.15) is 0 Å². The zero-order valence-electron chi connectivity index (χ0n) is 7.14. The molecule has 0 saturated carbocycles. The van der Waals surface area contributed by atoms with E-state index in [1.807, 2.05) is 0 Å². The zero-order valence-corrected chi connectivity index (χ0v) is 7.14. The van der Waals surface area contributed by atoms with E-state index in [1.165, 1.54) is 11.4 Å². The molecule has 1 heterocycles. The maximum absolute atomic E-state index is 5.48. The fraction of sp³-hybridized carbons (Fsp3) is 0.556. The predicted octanol–water partition coefficient (Wildman–Crippen LogP) is 0.416. The fourth-order valence-electron chi connectivity index (χ4n) is 1.69. The molecule has 1 atom stereocenters. The molecule has 0 aromatic rings. The second kappa shape index (κ2) is 3.19. The van der Waals surface area contributed by atoms with Gasteiger partial charge in [0.1, 0.15) is 0 Å². The van der Waals surface area contributed by atoms with E-state index in [-0.39, 0.29) is 0 Å². The number of hydrogen-bond donors (Lipinski definition) is 3. The first-order valence-corrected chi connectivity index (χ1v) is 4.53. The molecule has 2 rings (SSSR count). The third-order valence-corrected chi connectivity index (χ3v) is 2.30. The van der Waals surface area contributed by atoms with Gasteiger partial charge in [-0.25, -0.2) is 0 Å². The minimum absolute atomic E-state index is 0.364. The lowest BCUT2D eigenvalue weighted by Crippen LogP contribution is -2.34. The first-order valence-electron chi connectivity index (χ1n) is 4.53. The van der Waals surface area contributed by atoms with Crippen LogP contribution in [-0.4, -0.2) is 12.7 Å². The molecule has 2 aliphatic rings. The lowest BCUT2D eigenvalue weighted by molar-refractivity contribution is 0.518. The van der Waals surface area contributed by atoms with E-state index in [1.54, 1.807) is 0 Å². The van der Waals surface area contributed by atoms with Gasteiger partial charge in [-0.05, 0) is 31.9 Å². The SMILES string of the molecule is NCCC1NC2=C(CCC=C2)N1. The smallest absolute Gasteiger partial charge is 0.0974 e. The summed E-state index contributed by atoms with van der Waals surface area (Å²) in [6, 6.07) is 0. The molecule has 0 aromatic carbocycles. The molecule has 1 unspecified atom stereocenters. The molecule has 3 heteroatoms. The van der Waals surface area contributed by atoms with Crippen LogP contribution >= 0.6 is 0 Å². The van der Waals surface area contributed by atoms with Gasteiger partial charge in [0.2, 0.25) is 0 Å². The van der Waals surface area contributed by atoms with Crippen LogP contribution in [0.3, 0.4) is 0 Å². The Balaban J connectivity index is 1.98. The lowest BCUT2D eigenvalue weighted by Gasteiger charge is -2.11. The van der Waals surface area contributed by atoms with Crippen LogP contribution in [0.1, 0.15) is 19.3 Å². The first-order chi connectivity index (χ1) is 5.90. The van der Waals surface area contributed by atoms with E-state index < -0.39 is 0 Å². The number of allylic oxidation sites excluding steroid dienone is 3. The van der Waals surface area contributed by atoms with Crippen LogP contribution in [0.5, 0.6) is 0 Å². The van der Waals surface area contributed by atoms with Crippen molar-refractivity contribution in [1.82, 2.24) is 10.6 Å². The Hall–Kier alpha value is -0.960.